The number of para-hydroxylation sites is 1. The third kappa shape index (κ3) is 4.86. The van der Waals surface area contributed by atoms with Crippen LogP contribution in [0.1, 0.15) is 10.4 Å². The van der Waals surface area contributed by atoms with Crippen LogP contribution in [0.5, 0.6) is 0 Å². The Balaban J connectivity index is 1.80. The van der Waals surface area contributed by atoms with E-state index in [9.17, 15) is 13.2 Å². The van der Waals surface area contributed by atoms with Crippen LogP contribution in [0.15, 0.2) is 82.6 Å². The lowest BCUT2D eigenvalue weighted by Gasteiger charge is -2.11. The molecule has 0 heterocycles. The van der Waals surface area contributed by atoms with Crippen molar-refractivity contribution >= 4 is 50.7 Å². The van der Waals surface area contributed by atoms with E-state index >= 15 is 0 Å². The number of hydrogen-bond donors (Lipinski definition) is 2. The van der Waals surface area contributed by atoms with Gasteiger partial charge in [-0.3, -0.25) is 9.52 Å². The second kappa shape index (κ2) is 8.68. The molecule has 0 aliphatic heterocycles. The quantitative estimate of drug-likeness (QED) is 0.530. The van der Waals surface area contributed by atoms with Crippen LogP contribution >= 0.6 is 23.4 Å². The van der Waals surface area contributed by atoms with Crippen LogP contribution in [0, 0.1) is 0 Å². The monoisotopic (exact) mass is 432 g/mol. The first-order chi connectivity index (χ1) is 13.4. The summed E-state index contributed by atoms with van der Waals surface area (Å²) < 4.78 is 27.7. The number of nitrogens with one attached hydrogen (secondary N) is 2. The number of rotatable bonds is 6. The maximum atomic E-state index is 12.7. The molecule has 3 aromatic carbocycles. The summed E-state index contributed by atoms with van der Waals surface area (Å²) in [7, 11) is -3.89. The Labute approximate surface area is 173 Å². The van der Waals surface area contributed by atoms with Crippen molar-refractivity contribution in [3.63, 3.8) is 0 Å². The number of halogens is 1. The van der Waals surface area contributed by atoms with Crippen molar-refractivity contribution in [1.29, 1.82) is 0 Å². The highest BCUT2D eigenvalue weighted by atomic mass is 35.5. The molecule has 144 valence electrons. The zero-order chi connectivity index (χ0) is 20.1. The number of carbonyl (C=O) groups is 1. The Hall–Kier alpha value is -2.48. The van der Waals surface area contributed by atoms with Crippen molar-refractivity contribution in [2.75, 3.05) is 16.3 Å². The van der Waals surface area contributed by atoms with Gasteiger partial charge in [-0.15, -0.1) is 11.8 Å². The first-order valence-corrected chi connectivity index (χ1v) is 11.3. The standard InChI is InChI=1S/C20H17ClN2O3S2/c1-27-16-11-9-15(10-12-16)22-20(24)14-5-4-6-17(13-14)28(25,26)23-19-8-3-2-7-18(19)21/h2-13,23H,1H3,(H,22,24). The highest BCUT2D eigenvalue weighted by Gasteiger charge is 2.17. The van der Waals surface area contributed by atoms with E-state index in [1.807, 2.05) is 18.4 Å². The molecule has 5 nitrogen and oxygen atoms in total. The molecule has 0 saturated heterocycles. The Morgan fingerprint density at radius 3 is 2.36 bits per heavy atom. The number of thioether (sulfide) groups is 1. The molecule has 1 amide bonds. The largest absolute Gasteiger partial charge is 0.322 e. The molecular formula is C20H17ClN2O3S2. The molecule has 8 heteroatoms. The molecule has 0 unspecified atom stereocenters. The Morgan fingerprint density at radius 1 is 0.964 bits per heavy atom. The number of amides is 1. The van der Waals surface area contributed by atoms with Gasteiger partial charge < -0.3 is 5.32 Å². The van der Waals surface area contributed by atoms with Crippen molar-refractivity contribution < 1.29 is 13.2 Å². The van der Waals surface area contributed by atoms with Gasteiger partial charge >= 0.3 is 0 Å². The van der Waals surface area contributed by atoms with Crippen LogP contribution in [0.4, 0.5) is 11.4 Å². The van der Waals surface area contributed by atoms with E-state index in [0.717, 1.165) is 4.90 Å². The Morgan fingerprint density at radius 2 is 1.68 bits per heavy atom. The van der Waals surface area contributed by atoms with Gasteiger partial charge in [-0.1, -0.05) is 29.8 Å². The molecule has 0 spiro atoms. The van der Waals surface area contributed by atoms with Gasteiger partial charge in [0.1, 0.15) is 0 Å². The summed E-state index contributed by atoms with van der Waals surface area (Å²) in [5.41, 5.74) is 1.13. The van der Waals surface area contributed by atoms with E-state index in [1.54, 1.807) is 54.2 Å². The molecule has 0 aromatic heterocycles. The minimum absolute atomic E-state index is 0.0298. The van der Waals surface area contributed by atoms with Crippen LogP contribution in [0.2, 0.25) is 5.02 Å². The SMILES string of the molecule is CSc1ccc(NC(=O)c2cccc(S(=O)(=O)Nc3ccccc3Cl)c2)cc1. The van der Waals surface area contributed by atoms with Gasteiger partial charge in [0, 0.05) is 16.1 Å². The lowest BCUT2D eigenvalue weighted by atomic mass is 10.2. The van der Waals surface area contributed by atoms with Crippen molar-refractivity contribution in [1.82, 2.24) is 0 Å². The Kier molecular flexibility index (Phi) is 6.28. The maximum absolute atomic E-state index is 12.7. The van der Waals surface area contributed by atoms with E-state index in [-0.39, 0.29) is 21.2 Å². The van der Waals surface area contributed by atoms with Crippen LogP contribution in [-0.2, 0) is 10.0 Å². The van der Waals surface area contributed by atoms with Crippen LogP contribution < -0.4 is 10.0 Å². The second-order valence-electron chi connectivity index (χ2n) is 5.80. The molecule has 0 radical (unpaired) electrons. The fourth-order valence-electron chi connectivity index (χ4n) is 2.43. The first-order valence-electron chi connectivity index (χ1n) is 8.22. The maximum Gasteiger partial charge on any atom is 0.261 e. The van der Waals surface area contributed by atoms with E-state index in [0.29, 0.717) is 5.69 Å². The molecule has 2 N–H and O–H groups in total. The van der Waals surface area contributed by atoms with Gasteiger partial charge in [-0.05, 0) is 60.9 Å². The zero-order valence-corrected chi connectivity index (χ0v) is 17.2. The van der Waals surface area contributed by atoms with Crippen LogP contribution in [-0.4, -0.2) is 20.6 Å². The molecule has 28 heavy (non-hydrogen) atoms. The lowest BCUT2D eigenvalue weighted by Crippen LogP contribution is -2.16. The lowest BCUT2D eigenvalue weighted by molar-refractivity contribution is 0.102. The highest BCUT2D eigenvalue weighted by molar-refractivity contribution is 7.98. The van der Waals surface area contributed by atoms with E-state index in [1.165, 1.54) is 18.2 Å². The second-order valence-corrected chi connectivity index (χ2v) is 8.77. The molecule has 0 fully saturated rings. The van der Waals surface area contributed by atoms with Gasteiger partial charge in [0.15, 0.2) is 0 Å². The summed E-state index contributed by atoms with van der Waals surface area (Å²) >= 11 is 7.62. The molecule has 0 atom stereocenters. The molecule has 0 bridgehead atoms. The van der Waals surface area contributed by atoms with Crippen molar-refractivity contribution in [3.8, 4) is 0 Å². The number of anilines is 2. The van der Waals surface area contributed by atoms with E-state index in [4.69, 9.17) is 11.6 Å². The average molecular weight is 433 g/mol. The summed E-state index contributed by atoms with van der Waals surface area (Å²) in [5.74, 6) is -0.397. The van der Waals surface area contributed by atoms with Gasteiger partial charge in [-0.25, -0.2) is 8.42 Å². The minimum atomic E-state index is -3.89. The first kappa shape index (κ1) is 20.3. The summed E-state index contributed by atoms with van der Waals surface area (Å²) in [6, 6.07) is 19.7. The number of hydrogen-bond acceptors (Lipinski definition) is 4. The summed E-state index contributed by atoms with van der Waals surface area (Å²) in [6.07, 6.45) is 1.97. The van der Waals surface area contributed by atoms with Crippen LogP contribution in [0.3, 0.4) is 0 Å². The number of carbonyl (C=O) groups excluding carboxylic acids is 1. The molecule has 0 aliphatic carbocycles. The number of sulfonamides is 1. The minimum Gasteiger partial charge on any atom is -0.322 e. The fraction of sp³-hybridized carbons (Fsp3) is 0.0500. The summed E-state index contributed by atoms with van der Waals surface area (Å²) in [5, 5.41) is 3.05. The normalized spacial score (nSPS) is 11.1. The van der Waals surface area contributed by atoms with Gasteiger partial charge in [0.2, 0.25) is 0 Å². The summed E-state index contributed by atoms with van der Waals surface area (Å²) in [6.45, 7) is 0. The molecule has 3 aromatic rings. The van der Waals surface area contributed by atoms with Gasteiger partial charge in [-0.2, -0.15) is 0 Å². The van der Waals surface area contributed by atoms with Crippen molar-refractivity contribution in [3.05, 3.63) is 83.4 Å². The topological polar surface area (TPSA) is 75.3 Å². The van der Waals surface area contributed by atoms with Gasteiger partial charge in [0.25, 0.3) is 15.9 Å². The van der Waals surface area contributed by atoms with E-state index in [2.05, 4.69) is 10.0 Å². The molecular weight excluding hydrogens is 416 g/mol. The van der Waals surface area contributed by atoms with Crippen LogP contribution in [0.25, 0.3) is 0 Å². The summed E-state index contributed by atoms with van der Waals surface area (Å²) in [4.78, 5) is 13.6. The van der Waals surface area contributed by atoms with Crippen molar-refractivity contribution in [2.24, 2.45) is 0 Å². The smallest absolute Gasteiger partial charge is 0.261 e. The zero-order valence-electron chi connectivity index (χ0n) is 14.8. The Bertz CT molecular complexity index is 1100. The van der Waals surface area contributed by atoms with Crippen molar-refractivity contribution in [2.45, 2.75) is 9.79 Å². The predicted molar refractivity (Wildman–Crippen MR) is 115 cm³/mol. The third-order valence-corrected chi connectivity index (χ3v) is 6.31. The highest BCUT2D eigenvalue weighted by Crippen LogP contribution is 2.24. The number of benzene rings is 3. The predicted octanol–water partition coefficient (Wildman–Crippen LogP) is 5.12. The molecule has 3 rings (SSSR count). The third-order valence-electron chi connectivity index (χ3n) is 3.87. The molecule has 0 saturated carbocycles. The van der Waals surface area contributed by atoms with E-state index < -0.39 is 15.9 Å². The van der Waals surface area contributed by atoms with Gasteiger partial charge in [0.05, 0.1) is 15.6 Å². The fourth-order valence-corrected chi connectivity index (χ4v) is 4.20. The molecule has 0 aliphatic rings. The average Bonchev–Trinajstić information content (AvgIpc) is 2.70.